The van der Waals surface area contributed by atoms with E-state index in [-0.39, 0.29) is 33.8 Å². The first-order valence-corrected chi connectivity index (χ1v) is 29.4. The predicted molar refractivity (Wildman–Crippen MR) is 344 cm³/mol. The first-order chi connectivity index (χ1) is 38.2. The second kappa shape index (κ2) is 18.7. The molecule has 80 heavy (non-hydrogen) atoms. The summed E-state index contributed by atoms with van der Waals surface area (Å²) in [7, 11) is 0. The normalized spacial score (nSPS) is 16.9. The lowest BCUT2D eigenvalue weighted by Gasteiger charge is -2.48. The van der Waals surface area contributed by atoms with E-state index in [0.29, 0.717) is 0 Å². The molecule has 9 aromatic carbocycles. The van der Waals surface area contributed by atoms with Crippen molar-refractivity contribution in [2.75, 3.05) is 19.6 Å². The monoisotopic (exact) mass is 1040 g/mol. The molecular formula is C75H77BN4. The summed E-state index contributed by atoms with van der Waals surface area (Å²) >= 11 is 0. The molecule has 0 bridgehead atoms. The van der Waals surface area contributed by atoms with Crippen molar-refractivity contribution in [3.63, 3.8) is 0 Å². The molecule has 13 rings (SSSR count). The number of aryl methyl sites for hydroxylation is 1. The minimum absolute atomic E-state index is 0.00319. The molecule has 0 radical (unpaired) electrons. The third-order valence-corrected chi connectivity index (χ3v) is 19.0. The van der Waals surface area contributed by atoms with Gasteiger partial charge in [0.1, 0.15) is 0 Å². The van der Waals surface area contributed by atoms with Gasteiger partial charge in [-0.15, -0.1) is 0 Å². The van der Waals surface area contributed by atoms with Crippen molar-refractivity contribution in [2.24, 2.45) is 0 Å². The highest BCUT2D eigenvalue weighted by atomic mass is 15.2. The standard InChI is InChI=1S/C75H77BN4/c1-50-43-51(71(2,3)4)33-38-65(50)80-67-49-62-61(74(9,10)41-42-75(62,11)12)48-64(67)76-63-37-35-57(77(52-25-17-13-18-26-52)53-27-19-14-20-28-53)45-66(63)79(56-34-36-59-60(44-56)73(7,8)40-39-72(59,5)6)68-46-58(47-69(80)70(68)76)78(54-29-21-15-22-30-54)55-31-23-16-24-32-55/h13-38,43-49H,39-42H2,1-12H3. The molecule has 0 saturated heterocycles. The fourth-order valence-corrected chi connectivity index (χ4v) is 14.1. The number of nitrogens with zero attached hydrogens (tertiary/aromatic N) is 4. The molecule has 2 aliphatic heterocycles. The Labute approximate surface area is 477 Å². The first-order valence-electron chi connectivity index (χ1n) is 29.4. The van der Waals surface area contributed by atoms with Crippen LogP contribution in [0.15, 0.2) is 200 Å². The van der Waals surface area contributed by atoms with Gasteiger partial charge in [0.05, 0.1) is 5.69 Å². The Hall–Kier alpha value is -7.76. The van der Waals surface area contributed by atoms with Crippen molar-refractivity contribution < 1.29 is 0 Å². The van der Waals surface area contributed by atoms with E-state index in [2.05, 4.69) is 303 Å². The third-order valence-electron chi connectivity index (χ3n) is 19.0. The number of hydrogen-bond donors (Lipinski definition) is 0. The van der Waals surface area contributed by atoms with E-state index in [1.54, 1.807) is 0 Å². The van der Waals surface area contributed by atoms with E-state index in [1.807, 2.05) is 0 Å². The molecule has 4 nitrogen and oxygen atoms in total. The topological polar surface area (TPSA) is 13.0 Å². The summed E-state index contributed by atoms with van der Waals surface area (Å²) in [4.78, 5) is 10.3. The quantitative estimate of drug-likeness (QED) is 0.141. The number of hydrogen-bond acceptors (Lipinski definition) is 4. The zero-order valence-electron chi connectivity index (χ0n) is 49.2. The van der Waals surface area contributed by atoms with Gasteiger partial charge in [-0.25, -0.2) is 0 Å². The Balaban J connectivity index is 1.19. The summed E-state index contributed by atoms with van der Waals surface area (Å²) in [5.74, 6) is 0. The van der Waals surface area contributed by atoms with Crippen molar-refractivity contribution in [3.05, 3.63) is 234 Å². The van der Waals surface area contributed by atoms with Crippen LogP contribution in [0.2, 0.25) is 0 Å². The van der Waals surface area contributed by atoms with E-state index in [1.165, 1.54) is 83.9 Å². The van der Waals surface area contributed by atoms with Crippen LogP contribution in [0.3, 0.4) is 0 Å². The molecule has 0 atom stereocenters. The fraction of sp³-hybridized carbons (Fsp3) is 0.280. The van der Waals surface area contributed by atoms with Gasteiger partial charge in [-0.2, -0.15) is 0 Å². The number of rotatable bonds is 8. The lowest BCUT2D eigenvalue weighted by Crippen LogP contribution is -2.62. The number of benzene rings is 9. The van der Waals surface area contributed by atoms with E-state index >= 15 is 0 Å². The molecule has 0 unspecified atom stereocenters. The lowest BCUT2D eigenvalue weighted by molar-refractivity contribution is 0.332. The molecule has 0 N–H and O–H groups in total. The molecule has 5 heteroatoms. The van der Waals surface area contributed by atoms with Crippen LogP contribution in [0.4, 0.5) is 68.2 Å². The third kappa shape index (κ3) is 8.48. The second-order valence-corrected chi connectivity index (χ2v) is 27.2. The summed E-state index contributed by atoms with van der Waals surface area (Å²) < 4.78 is 0. The van der Waals surface area contributed by atoms with Crippen LogP contribution in [0.5, 0.6) is 0 Å². The molecule has 2 heterocycles. The van der Waals surface area contributed by atoms with Crippen molar-refractivity contribution in [1.82, 2.24) is 0 Å². The number of anilines is 12. The number of para-hydroxylation sites is 4. The fourth-order valence-electron chi connectivity index (χ4n) is 14.1. The van der Waals surface area contributed by atoms with E-state index in [4.69, 9.17) is 0 Å². The molecule has 0 saturated carbocycles. The maximum Gasteiger partial charge on any atom is 0.252 e. The number of fused-ring (bicyclic) bond motifs is 6. The Morgan fingerprint density at radius 2 is 0.800 bits per heavy atom. The lowest BCUT2D eigenvalue weighted by atomic mass is 9.33. The van der Waals surface area contributed by atoms with Gasteiger partial charge in [-0.05, 0) is 207 Å². The van der Waals surface area contributed by atoms with Crippen molar-refractivity contribution in [1.29, 1.82) is 0 Å². The predicted octanol–water partition coefficient (Wildman–Crippen LogP) is 19.0. The Morgan fingerprint density at radius 1 is 0.362 bits per heavy atom. The summed E-state index contributed by atoms with van der Waals surface area (Å²) in [6.45, 7) is 29.0. The Kier molecular flexibility index (Phi) is 12.1. The molecule has 0 fully saturated rings. The summed E-state index contributed by atoms with van der Waals surface area (Å²) in [5.41, 5.74) is 26.4. The summed E-state index contributed by atoms with van der Waals surface area (Å²) in [6.07, 6.45) is 4.57. The Bertz CT molecular complexity index is 3770. The van der Waals surface area contributed by atoms with Crippen molar-refractivity contribution in [2.45, 2.75) is 136 Å². The maximum atomic E-state index is 2.69. The van der Waals surface area contributed by atoms with Crippen LogP contribution in [0, 0.1) is 6.92 Å². The van der Waals surface area contributed by atoms with Gasteiger partial charge < -0.3 is 19.6 Å². The van der Waals surface area contributed by atoms with Gasteiger partial charge in [-0.1, -0.05) is 179 Å². The highest BCUT2D eigenvalue weighted by Crippen LogP contribution is 2.54. The molecule has 0 amide bonds. The maximum absolute atomic E-state index is 2.69. The molecule has 400 valence electrons. The van der Waals surface area contributed by atoms with Gasteiger partial charge in [-0.3, -0.25) is 0 Å². The molecule has 2 aliphatic carbocycles. The SMILES string of the molecule is Cc1cc(C(C)(C)C)ccc1N1c2cc3c(cc2B2c4ccc(N(c5ccccc5)c5ccccc5)cc4N(c4ccc5c(c4)C(C)(C)CCC5(C)C)c4cc(N(c5ccccc5)c5ccccc5)cc1c42)C(C)(C)CCC3(C)C. The minimum atomic E-state index is -0.0855. The zero-order chi connectivity index (χ0) is 55.7. The van der Waals surface area contributed by atoms with Gasteiger partial charge in [0.15, 0.2) is 0 Å². The van der Waals surface area contributed by atoms with Gasteiger partial charge in [0, 0.05) is 62.6 Å². The average Bonchev–Trinajstić information content (AvgIpc) is 3.63. The molecular weight excluding hydrogens is 968 g/mol. The summed E-state index contributed by atoms with van der Waals surface area (Å²) in [6, 6.07) is 76.3. The van der Waals surface area contributed by atoms with Gasteiger partial charge >= 0.3 is 0 Å². The van der Waals surface area contributed by atoms with Crippen molar-refractivity contribution >= 4 is 91.3 Å². The summed E-state index contributed by atoms with van der Waals surface area (Å²) in [5, 5.41) is 0. The van der Waals surface area contributed by atoms with Crippen molar-refractivity contribution in [3.8, 4) is 0 Å². The van der Waals surface area contributed by atoms with Crippen LogP contribution in [0.1, 0.15) is 135 Å². The van der Waals surface area contributed by atoms with Gasteiger partial charge in [0.2, 0.25) is 0 Å². The first kappa shape index (κ1) is 51.7. The zero-order valence-corrected chi connectivity index (χ0v) is 49.2. The van der Waals surface area contributed by atoms with Crippen LogP contribution in [0.25, 0.3) is 0 Å². The second-order valence-electron chi connectivity index (χ2n) is 27.2. The van der Waals surface area contributed by atoms with Crippen LogP contribution >= 0.6 is 0 Å². The van der Waals surface area contributed by atoms with E-state index < -0.39 is 0 Å². The van der Waals surface area contributed by atoms with Gasteiger partial charge in [0.25, 0.3) is 6.71 Å². The van der Waals surface area contributed by atoms with Crippen LogP contribution in [-0.2, 0) is 27.1 Å². The van der Waals surface area contributed by atoms with E-state index in [9.17, 15) is 0 Å². The average molecular weight is 1050 g/mol. The molecule has 4 aliphatic rings. The van der Waals surface area contributed by atoms with E-state index in [0.717, 1.165) is 59.8 Å². The largest absolute Gasteiger partial charge is 0.311 e. The van der Waals surface area contributed by atoms with Crippen LogP contribution in [-0.4, -0.2) is 6.71 Å². The Morgan fingerprint density at radius 3 is 1.30 bits per heavy atom. The highest BCUT2D eigenvalue weighted by molar-refractivity contribution is 7.00. The highest BCUT2D eigenvalue weighted by Gasteiger charge is 2.48. The molecule has 0 aromatic heterocycles. The molecule has 9 aromatic rings. The smallest absolute Gasteiger partial charge is 0.252 e. The minimum Gasteiger partial charge on any atom is -0.311 e. The molecule has 0 spiro atoms. The van der Waals surface area contributed by atoms with Crippen LogP contribution < -0.4 is 36.0 Å².